The van der Waals surface area contributed by atoms with Crippen molar-refractivity contribution in [2.75, 3.05) is 19.7 Å². The highest BCUT2D eigenvalue weighted by Crippen LogP contribution is 2.31. The predicted molar refractivity (Wildman–Crippen MR) is 113 cm³/mol. The van der Waals surface area contributed by atoms with Gasteiger partial charge in [0.25, 0.3) is 5.91 Å². The molecular weight excluding hydrogens is 405 g/mol. The number of aromatic nitrogens is 2. The van der Waals surface area contributed by atoms with E-state index in [9.17, 15) is 14.0 Å². The van der Waals surface area contributed by atoms with Gasteiger partial charge in [-0.05, 0) is 55.5 Å². The van der Waals surface area contributed by atoms with E-state index in [-0.39, 0.29) is 18.3 Å². The molecule has 0 bridgehead atoms. The standard InChI is InChI=1S/C22H24FN3O3S/c1-13-8-14(2)11-25(10-13)20(27)12-29-22(28)19-9-18-15(3)24-26(21(18)30-19)17-6-4-16(23)5-7-17/h4-7,9,13-14H,8,10-12H2,1-3H3. The van der Waals surface area contributed by atoms with Crippen molar-refractivity contribution in [3.05, 3.63) is 46.7 Å². The number of likely N-dealkylation sites (tertiary alicyclic amines) is 1. The Kier molecular flexibility index (Phi) is 5.60. The number of carbonyl (C=O) groups excluding carboxylic acids is 2. The van der Waals surface area contributed by atoms with Gasteiger partial charge in [-0.3, -0.25) is 4.79 Å². The van der Waals surface area contributed by atoms with E-state index in [1.54, 1.807) is 27.8 Å². The molecule has 158 valence electrons. The molecule has 30 heavy (non-hydrogen) atoms. The minimum Gasteiger partial charge on any atom is -0.451 e. The van der Waals surface area contributed by atoms with Crippen LogP contribution >= 0.6 is 11.3 Å². The number of halogens is 1. The zero-order valence-corrected chi connectivity index (χ0v) is 18.0. The third-order valence-electron chi connectivity index (χ3n) is 5.37. The normalized spacial score (nSPS) is 19.3. The largest absolute Gasteiger partial charge is 0.451 e. The molecule has 3 heterocycles. The fourth-order valence-corrected chi connectivity index (χ4v) is 5.14. The van der Waals surface area contributed by atoms with E-state index in [0.29, 0.717) is 35.5 Å². The Morgan fingerprint density at radius 2 is 1.87 bits per heavy atom. The smallest absolute Gasteiger partial charge is 0.348 e. The number of fused-ring (bicyclic) bond motifs is 1. The second kappa shape index (κ2) is 8.18. The Balaban J connectivity index is 1.48. The zero-order chi connectivity index (χ0) is 21.4. The van der Waals surface area contributed by atoms with Gasteiger partial charge in [0, 0.05) is 18.5 Å². The van der Waals surface area contributed by atoms with E-state index in [4.69, 9.17) is 4.74 Å². The van der Waals surface area contributed by atoms with Crippen LogP contribution in [0.3, 0.4) is 0 Å². The Morgan fingerprint density at radius 1 is 1.20 bits per heavy atom. The van der Waals surface area contributed by atoms with Gasteiger partial charge in [0.05, 0.1) is 11.4 Å². The molecule has 2 aromatic heterocycles. The number of aryl methyl sites for hydroxylation is 1. The highest BCUT2D eigenvalue weighted by atomic mass is 32.1. The number of hydrogen-bond donors (Lipinski definition) is 0. The first-order valence-corrected chi connectivity index (χ1v) is 10.8. The molecule has 1 saturated heterocycles. The summed E-state index contributed by atoms with van der Waals surface area (Å²) in [4.78, 5) is 28.0. The molecule has 0 N–H and O–H groups in total. The van der Waals surface area contributed by atoms with Crippen molar-refractivity contribution in [3.8, 4) is 5.69 Å². The molecule has 1 aliphatic rings. The van der Waals surface area contributed by atoms with E-state index >= 15 is 0 Å². The third kappa shape index (κ3) is 4.09. The third-order valence-corrected chi connectivity index (χ3v) is 6.46. The van der Waals surface area contributed by atoms with Gasteiger partial charge in [-0.25, -0.2) is 13.9 Å². The zero-order valence-electron chi connectivity index (χ0n) is 17.2. The van der Waals surface area contributed by atoms with Crippen molar-refractivity contribution in [2.24, 2.45) is 11.8 Å². The summed E-state index contributed by atoms with van der Waals surface area (Å²) in [5.41, 5.74) is 1.47. The van der Waals surface area contributed by atoms with Gasteiger partial charge in [-0.2, -0.15) is 5.10 Å². The number of esters is 1. The summed E-state index contributed by atoms with van der Waals surface area (Å²) in [6, 6.07) is 7.75. The molecule has 6 nitrogen and oxygen atoms in total. The quantitative estimate of drug-likeness (QED) is 0.583. The predicted octanol–water partition coefficient (Wildman–Crippen LogP) is 4.20. The average molecular weight is 430 g/mol. The highest BCUT2D eigenvalue weighted by Gasteiger charge is 2.26. The lowest BCUT2D eigenvalue weighted by Crippen LogP contribution is -2.44. The highest BCUT2D eigenvalue weighted by molar-refractivity contribution is 7.20. The van der Waals surface area contributed by atoms with Crippen LogP contribution in [0.4, 0.5) is 4.39 Å². The van der Waals surface area contributed by atoms with Gasteiger partial charge in [0.2, 0.25) is 0 Å². The number of piperidine rings is 1. The van der Waals surface area contributed by atoms with Gasteiger partial charge >= 0.3 is 5.97 Å². The Labute approximate surface area is 178 Å². The van der Waals surface area contributed by atoms with E-state index in [0.717, 1.165) is 22.3 Å². The van der Waals surface area contributed by atoms with Gasteiger partial charge < -0.3 is 9.64 Å². The van der Waals surface area contributed by atoms with E-state index < -0.39 is 5.97 Å². The van der Waals surface area contributed by atoms with Crippen LogP contribution in [0.5, 0.6) is 0 Å². The average Bonchev–Trinajstić information content (AvgIpc) is 3.26. The number of hydrogen-bond acceptors (Lipinski definition) is 5. The first-order chi connectivity index (χ1) is 14.3. The van der Waals surface area contributed by atoms with Crippen LogP contribution in [0, 0.1) is 24.6 Å². The number of ether oxygens (including phenoxy) is 1. The Morgan fingerprint density at radius 3 is 2.53 bits per heavy atom. The van der Waals surface area contributed by atoms with Crippen molar-refractivity contribution < 1.29 is 18.7 Å². The van der Waals surface area contributed by atoms with Crippen LogP contribution in [0.2, 0.25) is 0 Å². The van der Waals surface area contributed by atoms with Crippen LogP contribution in [0.25, 0.3) is 15.9 Å². The molecular formula is C22H24FN3O3S. The molecule has 4 rings (SSSR count). The lowest BCUT2D eigenvalue weighted by atomic mass is 9.92. The van der Waals surface area contributed by atoms with Crippen LogP contribution in [-0.4, -0.2) is 46.3 Å². The second-order valence-electron chi connectivity index (χ2n) is 8.12. The van der Waals surface area contributed by atoms with Gasteiger partial charge in [-0.15, -0.1) is 11.3 Å². The monoisotopic (exact) mass is 429 g/mol. The molecule has 3 aromatic rings. The summed E-state index contributed by atoms with van der Waals surface area (Å²) >= 11 is 1.25. The number of amides is 1. The molecule has 1 aromatic carbocycles. The summed E-state index contributed by atoms with van der Waals surface area (Å²) in [6.07, 6.45) is 1.11. The van der Waals surface area contributed by atoms with Crippen molar-refractivity contribution in [1.82, 2.24) is 14.7 Å². The van der Waals surface area contributed by atoms with E-state index in [2.05, 4.69) is 18.9 Å². The van der Waals surface area contributed by atoms with Crippen LogP contribution in [0.15, 0.2) is 30.3 Å². The van der Waals surface area contributed by atoms with Gasteiger partial charge in [0.1, 0.15) is 15.5 Å². The van der Waals surface area contributed by atoms with Crippen LogP contribution < -0.4 is 0 Å². The number of carbonyl (C=O) groups is 2. The maximum absolute atomic E-state index is 13.2. The molecule has 8 heteroatoms. The minimum atomic E-state index is -0.521. The fourth-order valence-electron chi connectivity index (χ4n) is 4.06. The molecule has 0 aliphatic carbocycles. The molecule has 2 unspecified atom stereocenters. The van der Waals surface area contributed by atoms with Gasteiger partial charge in [-0.1, -0.05) is 13.8 Å². The molecule has 1 fully saturated rings. The maximum atomic E-state index is 13.2. The van der Waals surface area contributed by atoms with Crippen molar-refractivity contribution >= 4 is 33.4 Å². The second-order valence-corrected chi connectivity index (χ2v) is 9.15. The first-order valence-electron chi connectivity index (χ1n) is 10.0. The summed E-state index contributed by atoms with van der Waals surface area (Å²) in [7, 11) is 0. The summed E-state index contributed by atoms with van der Waals surface area (Å²) in [5.74, 6) is -0.0949. The molecule has 2 atom stereocenters. The topological polar surface area (TPSA) is 64.4 Å². The van der Waals surface area contributed by atoms with Gasteiger partial charge in [0.15, 0.2) is 6.61 Å². The van der Waals surface area contributed by atoms with Crippen molar-refractivity contribution in [1.29, 1.82) is 0 Å². The van der Waals surface area contributed by atoms with E-state index in [1.165, 1.54) is 23.5 Å². The molecule has 0 radical (unpaired) electrons. The Bertz CT molecular complexity index is 1080. The molecule has 0 saturated carbocycles. The molecule has 1 aliphatic heterocycles. The van der Waals surface area contributed by atoms with Crippen LogP contribution in [0.1, 0.15) is 35.6 Å². The lowest BCUT2D eigenvalue weighted by Gasteiger charge is -2.34. The minimum absolute atomic E-state index is 0.156. The number of rotatable bonds is 4. The van der Waals surface area contributed by atoms with Crippen molar-refractivity contribution in [3.63, 3.8) is 0 Å². The lowest BCUT2D eigenvalue weighted by molar-refractivity contribution is -0.137. The summed E-state index contributed by atoms with van der Waals surface area (Å²) in [6.45, 7) is 7.27. The number of thiophene rings is 1. The molecule has 0 spiro atoms. The maximum Gasteiger partial charge on any atom is 0.348 e. The Hall–Kier alpha value is -2.74. The molecule has 1 amide bonds. The van der Waals surface area contributed by atoms with Crippen LogP contribution in [-0.2, 0) is 9.53 Å². The SMILES string of the molecule is Cc1nn(-c2ccc(F)cc2)c2sc(C(=O)OCC(=O)N3CC(C)CC(C)C3)cc12. The first kappa shape index (κ1) is 20.5. The number of nitrogens with zero attached hydrogens (tertiary/aromatic N) is 3. The summed E-state index contributed by atoms with van der Waals surface area (Å²) in [5, 5.41) is 5.33. The van der Waals surface area contributed by atoms with E-state index in [1.807, 2.05) is 6.92 Å². The summed E-state index contributed by atoms with van der Waals surface area (Å²) < 4.78 is 20.2. The number of benzene rings is 1. The van der Waals surface area contributed by atoms with Crippen molar-refractivity contribution in [2.45, 2.75) is 27.2 Å². The fraction of sp³-hybridized carbons (Fsp3) is 0.409.